The normalized spacial score (nSPS) is 18.2. The molecule has 0 radical (unpaired) electrons. The highest BCUT2D eigenvalue weighted by Gasteiger charge is 2.34. The highest BCUT2D eigenvalue weighted by molar-refractivity contribution is 7.89. The molecular weight excluding hydrogens is 412 g/mol. The van der Waals surface area contributed by atoms with Gasteiger partial charge in [0.25, 0.3) is 0 Å². The molecule has 1 aliphatic heterocycles. The molecule has 1 aliphatic rings. The van der Waals surface area contributed by atoms with E-state index in [0.717, 1.165) is 24.2 Å². The summed E-state index contributed by atoms with van der Waals surface area (Å²) in [6.45, 7) is 2.56. The van der Waals surface area contributed by atoms with Gasteiger partial charge in [0.15, 0.2) is 5.89 Å². The van der Waals surface area contributed by atoms with Gasteiger partial charge in [-0.3, -0.25) is 4.68 Å². The molecule has 0 spiro atoms. The third-order valence-electron chi connectivity index (χ3n) is 5.18. The Labute approximate surface area is 175 Å². The van der Waals surface area contributed by atoms with E-state index in [9.17, 15) is 8.42 Å². The van der Waals surface area contributed by atoms with Gasteiger partial charge < -0.3 is 4.42 Å². The lowest BCUT2D eigenvalue weighted by Crippen LogP contribution is -2.39. The molecule has 9 heteroatoms. The summed E-state index contributed by atoms with van der Waals surface area (Å²) in [5.41, 5.74) is 1.59. The van der Waals surface area contributed by atoms with Gasteiger partial charge in [0.1, 0.15) is 10.7 Å². The molecule has 0 N–H and O–H groups in total. The van der Waals surface area contributed by atoms with Gasteiger partial charge in [0.2, 0.25) is 10.0 Å². The molecular formula is C20H23ClN4O3S. The number of halogens is 1. The van der Waals surface area contributed by atoms with Gasteiger partial charge in [-0.05, 0) is 37.5 Å². The number of aromatic nitrogens is 3. The van der Waals surface area contributed by atoms with Gasteiger partial charge in [-0.1, -0.05) is 23.7 Å². The molecule has 1 aromatic carbocycles. The van der Waals surface area contributed by atoms with Crippen molar-refractivity contribution < 1.29 is 12.8 Å². The Balaban J connectivity index is 1.49. The van der Waals surface area contributed by atoms with E-state index in [1.165, 1.54) is 8.99 Å². The number of hydrogen-bond donors (Lipinski definition) is 0. The standard InChI is InChI=1S/C20H23ClN4O3S/c1-14-19(13-24(2)23-14)29(26,27)25-9-3-4-16(12-25)20-22-11-18(28-20)10-15-5-7-17(21)8-6-15/h5-8,11,13,16H,3-4,9-10,12H2,1-2H3/t16-/m1/s1. The fourth-order valence-corrected chi connectivity index (χ4v) is 5.58. The number of hydrogen-bond acceptors (Lipinski definition) is 5. The van der Waals surface area contributed by atoms with Crippen molar-refractivity contribution in [2.75, 3.05) is 13.1 Å². The summed E-state index contributed by atoms with van der Waals surface area (Å²) in [7, 11) is -1.87. The highest BCUT2D eigenvalue weighted by atomic mass is 35.5. The predicted molar refractivity (Wildman–Crippen MR) is 109 cm³/mol. The molecule has 2 aromatic heterocycles. The summed E-state index contributed by atoms with van der Waals surface area (Å²) < 4.78 is 35.2. The fraction of sp³-hybridized carbons (Fsp3) is 0.400. The van der Waals surface area contributed by atoms with Crippen LogP contribution in [0.15, 0.2) is 46.0 Å². The van der Waals surface area contributed by atoms with E-state index < -0.39 is 10.0 Å². The third kappa shape index (κ3) is 4.24. The van der Waals surface area contributed by atoms with E-state index in [2.05, 4.69) is 10.1 Å². The van der Waals surface area contributed by atoms with Crippen LogP contribution in [0.25, 0.3) is 0 Å². The van der Waals surface area contributed by atoms with Crippen molar-refractivity contribution in [3.05, 3.63) is 64.6 Å². The first-order valence-corrected chi connectivity index (χ1v) is 11.3. The molecule has 4 rings (SSSR count). The van der Waals surface area contributed by atoms with Crippen LogP contribution in [0.4, 0.5) is 0 Å². The lowest BCUT2D eigenvalue weighted by molar-refractivity contribution is 0.281. The predicted octanol–water partition coefficient (Wildman–Crippen LogP) is 3.53. The quantitative estimate of drug-likeness (QED) is 0.613. The lowest BCUT2D eigenvalue weighted by atomic mass is 10.00. The first-order chi connectivity index (χ1) is 13.8. The van der Waals surface area contributed by atoms with E-state index in [0.29, 0.717) is 36.1 Å². The van der Waals surface area contributed by atoms with Gasteiger partial charge in [-0.2, -0.15) is 9.40 Å². The van der Waals surface area contributed by atoms with Crippen LogP contribution in [0.3, 0.4) is 0 Å². The molecule has 154 valence electrons. The molecule has 3 heterocycles. The van der Waals surface area contributed by atoms with E-state index in [-0.39, 0.29) is 10.8 Å². The summed E-state index contributed by atoms with van der Waals surface area (Å²) in [6.07, 6.45) is 5.51. The van der Waals surface area contributed by atoms with Crippen molar-refractivity contribution in [2.24, 2.45) is 7.05 Å². The number of nitrogens with zero attached hydrogens (tertiary/aromatic N) is 4. The number of sulfonamides is 1. The maximum absolute atomic E-state index is 13.1. The number of piperidine rings is 1. The first-order valence-electron chi connectivity index (χ1n) is 9.52. The second kappa shape index (κ2) is 7.93. The average molecular weight is 435 g/mol. The lowest BCUT2D eigenvalue weighted by Gasteiger charge is -2.30. The molecule has 0 saturated carbocycles. The van der Waals surface area contributed by atoms with Crippen molar-refractivity contribution >= 4 is 21.6 Å². The maximum Gasteiger partial charge on any atom is 0.246 e. The highest BCUT2D eigenvalue weighted by Crippen LogP contribution is 2.31. The molecule has 3 aromatic rings. The Bertz CT molecular complexity index is 1110. The number of aryl methyl sites for hydroxylation is 2. The Morgan fingerprint density at radius 2 is 2.03 bits per heavy atom. The van der Waals surface area contributed by atoms with Crippen molar-refractivity contribution in [1.82, 2.24) is 19.1 Å². The average Bonchev–Trinajstić information content (AvgIpc) is 3.30. The van der Waals surface area contributed by atoms with Crippen LogP contribution in [0, 0.1) is 6.92 Å². The molecule has 7 nitrogen and oxygen atoms in total. The Morgan fingerprint density at radius 1 is 1.28 bits per heavy atom. The first kappa shape index (κ1) is 20.1. The van der Waals surface area contributed by atoms with Crippen molar-refractivity contribution in [3.63, 3.8) is 0 Å². The van der Waals surface area contributed by atoms with Gasteiger partial charge in [0, 0.05) is 43.7 Å². The molecule has 29 heavy (non-hydrogen) atoms. The monoisotopic (exact) mass is 434 g/mol. The molecule has 1 fully saturated rings. The zero-order chi connectivity index (χ0) is 20.6. The van der Waals surface area contributed by atoms with Crippen molar-refractivity contribution in [2.45, 2.75) is 37.0 Å². The molecule has 0 amide bonds. The van der Waals surface area contributed by atoms with Crippen LogP contribution in [0.5, 0.6) is 0 Å². The Morgan fingerprint density at radius 3 is 2.72 bits per heavy atom. The van der Waals surface area contributed by atoms with Gasteiger partial charge in [-0.25, -0.2) is 13.4 Å². The van der Waals surface area contributed by atoms with Crippen LogP contribution in [0.2, 0.25) is 5.02 Å². The van der Waals surface area contributed by atoms with Crippen LogP contribution >= 0.6 is 11.6 Å². The van der Waals surface area contributed by atoms with Gasteiger partial charge in [0.05, 0.1) is 11.9 Å². The summed E-state index contributed by atoms with van der Waals surface area (Å²) in [4.78, 5) is 4.69. The zero-order valence-electron chi connectivity index (χ0n) is 16.4. The smallest absolute Gasteiger partial charge is 0.246 e. The third-order valence-corrected chi connectivity index (χ3v) is 7.40. The summed E-state index contributed by atoms with van der Waals surface area (Å²) in [6, 6.07) is 7.60. The maximum atomic E-state index is 13.1. The summed E-state index contributed by atoms with van der Waals surface area (Å²) >= 11 is 5.93. The molecule has 0 unspecified atom stereocenters. The molecule has 0 aliphatic carbocycles. The topological polar surface area (TPSA) is 81.2 Å². The fourth-order valence-electron chi connectivity index (χ4n) is 3.73. The van der Waals surface area contributed by atoms with Gasteiger partial charge in [-0.15, -0.1) is 0 Å². The Kier molecular flexibility index (Phi) is 5.50. The second-order valence-corrected chi connectivity index (χ2v) is 9.77. The zero-order valence-corrected chi connectivity index (χ0v) is 17.9. The van der Waals surface area contributed by atoms with Crippen LogP contribution < -0.4 is 0 Å². The number of oxazole rings is 1. The molecule has 0 bridgehead atoms. The van der Waals surface area contributed by atoms with Crippen molar-refractivity contribution in [1.29, 1.82) is 0 Å². The Hall–Kier alpha value is -2.16. The summed E-state index contributed by atoms with van der Waals surface area (Å²) in [5.74, 6) is 1.29. The largest absolute Gasteiger partial charge is 0.445 e. The number of rotatable bonds is 5. The minimum absolute atomic E-state index is 0.0607. The molecule has 1 atom stereocenters. The number of benzene rings is 1. The van der Waals surface area contributed by atoms with E-state index in [1.807, 2.05) is 24.3 Å². The minimum Gasteiger partial charge on any atom is -0.445 e. The van der Waals surface area contributed by atoms with Crippen LogP contribution in [-0.2, 0) is 23.5 Å². The minimum atomic E-state index is -3.59. The van der Waals surface area contributed by atoms with E-state index >= 15 is 0 Å². The van der Waals surface area contributed by atoms with Crippen LogP contribution in [-0.4, -0.2) is 40.6 Å². The SMILES string of the molecule is Cc1nn(C)cc1S(=O)(=O)N1CCC[C@@H](c2ncc(Cc3ccc(Cl)cc3)o2)C1. The summed E-state index contributed by atoms with van der Waals surface area (Å²) in [5, 5.41) is 4.86. The van der Waals surface area contributed by atoms with Crippen LogP contribution in [0.1, 0.15) is 41.7 Å². The second-order valence-electron chi connectivity index (χ2n) is 7.42. The van der Waals surface area contributed by atoms with E-state index in [1.54, 1.807) is 26.4 Å². The van der Waals surface area contributed by atoms with Crippen molar-refractivity contribution in [3.8, 4) is 0 Å². The van der Waals surface area contributed by atoms with E-state index in [4.69, 9.17) is 16.0 Å². The molecule has 1 saturated heterocycles. The van der Waals surface area contributed by atoms with Gasteiger partial charge >= 0.3 is 0 Å².